The van der Waals surface area contributed by atoms with Crippen molar-refractivity contribution < 1.29 is 75.9 Å². The Bertz CT molecular complexity index is 1940. The number of aliphatic hydroxyl groups excluding tert-OH is 4. The third-order valence-electron chi connectivity index (χ3n) is 6.80. The van der Waals surface area contributed by atoms with Gasteiger partial charge in [0, 0.05) is 12.3 Å². The molecule has 2 saturated heterocycles. The summed E-state index contributed by atoms with van der Waals surface area (Å²) >= 11 is 0. The van der Waals surface area contributed by atoms with Crippen molar-refractivity contribution in [3.05, 3.63) is 39.4 Å². The number of nitrogens with zero attached hydrogens (tertiary/aromatic N) is 5. The van der Waals surface area contributed by atoms with Gasteiger partial charge >= 0.3 is 29.2 Å². The average molecular weight is 748 g/mol. The minimum atomic E-state index is -5.99. The average Bonchev–Trinajstić information content (AvgIpc) is 3.56. The molecule has 3 unspecified atom stereocenters. The Labute approximate surface area is 264 Å². The van der Waals surface area contributed by atoms with E-state index in [0.717, 1.165) is 23.2 Å². The second kappa shape index (κ2) is 13.4. The van der Waals surface area contributed by atoms with Crippen molar-refractivity contribution in [2.45, 2.75) is 49.1 Å². The molecule has 0 radical (unpaired) electrons. The van der Waals surface area contributed by atoms with Gasteiger partial charge in [0.15, 0.2) is 29.4 Å². The van der Waals surface area contributed by atoms with Crippen molar-refractivity contribution in [2.75, 3.05) is 24.7 Å². The highest BCUT2D eigenvalue weighted by Gasteiger charge is 2.49. The van der Waals surface area contributed by atoms with Crippen LogP contribution in [0, 0.1) is 0 Å². The standard InChI is InChI=1S/C19H27N8O18P3/c20-14-9-15(23-5-22-14)27(18(21)25-9)17-13(32)11(30)7(43-17)4-41-47(36,37)45-48(38,39)44-46(34,35)40-3-6-10(29)12(31)16(42-6)26-2-1-8(28)24-19(26)33/h1-2,5-7,10-13,16-17,29-32H,3-4H2,(H2,21,25)(H,34,35)(H,36,37)(H,38,39)(H2,20,22,23)(H,24,28,33)/t6-,7-,10-,11-,12-,13-,16-,17+/m1/s1. The molecular formula is C19H27N8O18P3. The quantitative estimate of drug-likeness (QED) is 0.0792. The van der Waals surface area contributed by atoms with Crippen LogP contribution in [0.5, 0.6) is 0 Å². The second-order valence-electron chi connectivity index (χ2n) is 10.0. The van der Waals surface area contributed by atoms with E-state index in [1.54, 1.807) is 0 Å². The van der Waals surface area contributed by atoms with Crippen LogP contribution >= 0.6 is 23.5 Å². The Morgan fingerprint density at radius 2 is 1.38 bits per heavy atom. The fraction of sp³-hybridized carbons (Fsp3) is 0.526. The van der Waals surface area contributed by atoms with Crippen LogP contribution in [0.2, 0.25) is 0 Å². The van der Waals surface area contributed by atoms with Crippen molar-refractivity contribution in [3.8, 4) is 0 Å². The van der Waals surface area contributed by atoms with Crippen molar-refractivity contribution in [1.29, 1.82) is 0 Å². The predicted molar refractivity (Wildman–Crippen MR) is 151 cm³/mol. The number of nitrogens with one attached hydrogen (secondary N) is 1. The number of anilines is 2. The highest BCUT2D eigenvalue weighted by molar-refractivity contribution is 7.66. The van der Waals surface area contributed by atoms with Gasteiger partial charge in [-0.3, -0.25) is 28.0 Å². The van der Waals surface area contributed by atoms with Gasteiger partial charge in [0.2, 0.25) is 5.95 Å². The van der Waals surface area contributed by atoms with E-state index in [9.17, 15) is 58.4 Å². The first-order valence-electron chi connectivity index (χ1n) is 13.1. The lowest BCUT2D eigenvalue weighted by molar-refractivity contribution is -0.0543. The molecular weight excluding hydrogens is 721 g/mol. The maximum atomic E-state index is 12.4. The van der Waals surface area contributed by atoms with Gasteiger partial charge in [-0.1, -0.05) is 0 Å². The maximum absolute atomic E-state index is 12.4. The van der Waals surface area contributed by atoms with Crippen LogP contribution in [0.1, 0.15) is 12.5 Å². The minimum Gasteiger partial charge on any atom is -0.387 e. The lowest BCUT2D eigenvalue weighted by Crippen LogP contribution is -2.37. The van der Waals surface area contributed by atoms with Crippen LogP contribution in [-0.4, -0.2) is 114 Å². The zero-order valence-corrected chi connectivity index (χ0v) is 26.3. The molecule has 0 aliphatic carbocycles. The number of phosphoric ester groups is 2. The summed E-state index contributed by atoms with van der Waals surface area (Å²) in [5, 5.41) is 41.4. The molecule has 3 aromatic heterocycles. The number of hydrogen-bond acceptors (Lipinski definition) is 20. The largest absolute Gasteiger partial charge is 0.490 e. The van der Waals surface area contributed by atoms with Crippen molar-refractivity contribution in [1.82, 2.24) is 29.1 Å². The number of phosphoric acid groups is 3. The van der Waals surface area contributed by atoms with Gasteiger partial charge in [-0.2, -0.15) is 8.62 Å². The van der Waals surface area contributed by atoms with Gasteiger partial charge in [-0.05, 0) is 0 Å². The van der Waals surface area contributed by atoms with E-state index >= 15 is 0 Å². The molecule has 2 aliphatic rings. The number of ether oxygens (including phenoxy) is 2. The molecule has 2 fully saturated rings. The fourth-order valence-electron chi connectivity index (χ4n) is 4.66. The molecule has 26 nitrogen and oxygen atoms in total. The highest BCUT2D eigenvalue weighted by Crippen LogP contribution is 2.67. The maximum Gasteiger partial charge on any atom is 0.490 e. The number of nitrogen functional groups attached to an aromatic ring is 2. The summed E-state index contributed by atoms with van der Waals surface area (Å²) in [7, 11) is -17.3. The number of hydrogen-bond donors (Lipinski definition) is 10. The van der Waals surface area contributed by atoms with Gasteiger partial charge in [-0.25, -0.2) is 33.4 Å². The smallest absolute Gasteiger partial charge is 0.387 e. The van der Waals surface area contributed by atoms with E-state index in [0.29, 0.717) is 4.57 Å². The van der Waals surface area contributed by atoms with Crippen molar-refractivity contribution >= 4 is 46.4 Å². The molecule has 0 spiro atoms. The summed E-state index contributed by atoms with van der Waals surface area (Å²) in [6.07, 6.45) is -11.6. The van der Waals surface area contributed by atoms with Crippen LogP contribution in [0.15, 0.2) is 28.2 Å². The molecule has 266 valence electrons. The van der Waals surface area contributed by atoms with Crippen LogP contribution < -0.4 is 22.7 Å². The van der Waals surface area contributed by atoms with Gasteiger partial charge in [0.25, 0.3) is 5.56 Å². The molecule has 12 N–H and O–H groups in total. The molecule has 29 heteroatoms. The molecule has 5 rings (SSSR count). The van der Waals surface area contributed by atoms with E-state index in [1.165, 1.54) is 0 Å². The number of fused-ring (bicyclic) bond motifs is 1. The normalized spacial score (nSPS) is 31.4. The monoisotopic (exact) mass is 748 g/mol. The number of aromatic nitrogens is 6. The molecule has 0 aromatic carbocycles. The molecule has 48 heavy (non-hydrogen) atoms. The van der Waals surface area contributed by atoms with Crippen molar-refractivity contribution in [2.24, 2.45) is 0 Å². The molecule has 0 saturated carbocycles. The van der Waals surface area contributed by atoms with E-state index in [-0.39, 0.29) is 22.9 Å². The van der Waals surface area contributed by atoms with Gasteiger partial charge in [0.05, 0.1) is 13.2 Å². The fourth-order valence-corrected chi connectivity index (χ4v) is 8.18. The number of nitrogens with two attached hydrogens (primary N) is 2. The van der Waals surface area contributed by atoms with E-state index in [1.807, 2.05) is 4.98 Å². The lowest BCUT2D eigenvalue weighted by Gasteiger charge is -2.21. The number of imidazole rings is 1. The van der Waals surface area contributed by atoms with Crippen LogP contribution in [0.4, 0.5) is 11.8 Å². The highest BCUT2D eigenvalue weighted by atomic mass is 31.3. The Kier molecular flexibility index (Phi) is 10.1. The van der Waals surface area contributed by atoms with E-state index in [2.05, 4.69) is 32.6 Å². The van der Waals surface area contributed by atoms with Crippen LogP contribution in [-0.2, 0) is 40.8 Å². The summed E-state index contributed by atoms with van der Waals surface area (Å²) in [5.41, 5.74) is 9.82. The lowest BCUT2D eigenvalue weighted by atomic mass is 10.1. The van der Waals surface area contributed by atoms with Crippen molar-refractivity contribution in [3.63, 3.8) is 0 Å². The van der Waals surface area contributed by atoms with Gasteiger partial charge in [0.1, 0.15) is 43.0 Å². The second-order valence-corrected chi connectivity index (χ2v) is 14.7. The zero-order chi connectivity index (χ0) is 35.3. The summed E-state index contributed by atoms with van der Waals surface area (Å²) in [5.74, 6) is -0.336. The van der Waals surface area contributed by atoms with E-state index < -0.39 is 97.0 Å². The summed E-state index contributed by atoms with van der Waals surface area (Å²) in [6.45, 7) is -2.21. The van der Waals surface area contributed by atoms with Gasteiger partial charge in [-0.15, -0.1) is 0 Å². The Morgan fingerprint density at radius 3 is 1.94 bits per heavy atom. The van der Waals surface area contributed by atoms with Crippen LogP contribution in [0.25, 0.3) is 11.2 Å². The molecule has 0 amide bonds. The number of aromatic amines is 1. The summed E-state index contributed by atoms with van der Waals surface area (Å²) in [6, 6.07) is 0.904. The first-order valence-corrected chi connectivity index (χ1v) is 17.6. The molecule has 5 heterocycles. The van der Waals surface area contributed by atoms with Crippen LogP contribution in [0.3, 0.4) is 0 Å². The molecule has 2 aliphatic heterocycles. The third kappa shape index (κ3) is 7.59. The summed E-state index contributed by atoms with van der Waals surface area (Å²) in [4.78, 5) is 66.5. The third-order valence-corrected chi connectivity index (χ3v) is 11.1. The van der Waals surface area contributed by atoms with E-state index in [4.69, 9.17) is 20.9 Å². The predicted octanol–water partition coefficient (Wildman–Crippen LogP) is -3.85. The Morgan fingerprint density at radius 1 is 0.833 bits per heavy atom. The first-order chi connectivity index (χ1) is 22.3. The molecule has 3 aromatic rings. The number of aliphatic hydroxyl groups is 4. The molecule has 0 bridgehead atoms. The first kappa shape index (κ1) is 36.3. The Balaban J connectivity index is 1.16. The zero-order valence-electron chi connectivity index (χ0n) is 23.6. The molecule has 11 atom stereocenters. The number of H-pyrrole nitrogens is 1. The Hall–Kier alpha value is -3.00. The number of rotatable bonds is 12. The topological polar surface area (TPSA) is 399 Å². The van der Waals surface area contributed by atoms with Gasteiger partial charge < -0.3 is 56.0 Å². The SMILES string of the molecule is Nc1ncnc2c1nc(N)n2[C@H]1O[C@H](COP(=O)(O)OP(=O)(O)OP(=O)(O)OC[C@H]2O[C@@H](n3ccc(=O)[nH]c3=O)[C@H](O)[C@@H]2O)[C@@H](O)[C@H]1O. The summed E-state index contributed by atoms with van der Waals surface area (Å²) < 4.78 is 66.5. The minimum absolute atomic E-state index is 0.00255.